The van der Waals surface area contributed by atoms with Gasteiger partial charge in [-0.25, -0.2) is 4.98 Å². The van der Waals surface area contributed by atoms with Gasteiger partial charge < -0.3 is 26.4 Å². The Morgan fingerprint density at radius 3 is 3.17 bits per heavy atom. The number of nitrogens with zero attached hydrogens (tertiary/aromatic N) is 4. The number of hydrogen-bond acceptors (Lipinski definition) is 8. The Morgan fingerprint density at radius 1 is 1.62 bits per heavy atom. The molecule has 1 saturated heterocycles. The number of anilines is 2. The fourth-order valence-electron chi connectivity index (χ4n) is 2.60. The van der Waals surface area contributed by atoms with E-state index in [1.165, 1.54) is 6.20 Å². The number of aromatic nitrogens is 2. The topological polar surface area (TPSA) is 112 Å². The zero-order valence-electron chi connectivity index (χ0n) is 13.7. The zero-order valence-corrected chi connectivity index (χ0v) is 14.5. The molecular weight excluding hydrogens is 330 g/mol. The number of rotatable bonds is 8. The first kappa shape index (κ1) is 18.4. The van der Waals surface area contributed by atoms with E-state index in [9.17, 15) is 0 Å². The molecule has 24 heavy (non-hydrogen) atoms. The van der Waals surface area contributed by atoms with Gasteiger partial charge in [-0.1, -0.05) is 11.6 Å². The van der Waals surface area contributed by atoms with E-state index in [-0.39, 0.29) is 6.61 Å². The predicted molar refractivity (Wildman–Crippen MR) is 97.5 cm³/mol. The number of allylic oxidation sites excluding steroid dienone is 1. The number of aliphatic hydroxyl groups excluding tert-OH is 1. The van der Waals surface area contributed by atoms with E-state index in [1.807, 2.05) is 0 Å². The third kappa shape index (κ3) is 5.33. The minimum Gasteiger partial charge on any atom is -0.403 e. The summed E-state index contributed by atoms with van der Waals surface area (Å²) in [7, 11) is 1.66. The molecule has 0 amide bonds. The van der Waals surface area contributed by atoms with Crippen LogP contribution in [-0.2, 0) is 0 Å². The maximum absolute atomic E-state index is 9.00. The van der Waals surface area contributed by atoms with E-state index in [0.29, 0.717) is 28.4 Å². The van der Waals surface area contributed by atoms with Crippen molar-refractivity contribution in [3.8, 4) is 0 Å². The fraction of sp³-hybridized carbons (Fsp3) is 0.533. The summed E-state index contributed by atoms with van der Waals surface area (Å²) >= 11 is 6.17. The quantitative estimate of drug-likeness (QED) is 0.511. The third-order valence-corrected chi connectivity index (χ3v) is 4.07. The van der Waals surface area contributed by atoms with Crippen molar-refractivity contribution in [1.29, 1.82) is 0 Å². The Kier molecular flexibility index (Phi) is 7.23. The number of halogens is 1. The molecule has 1 aromatic heterocycles. The molecular formula is C15H24ClN7O. The van der Waals surface area contributed by atoms with Crippen LogP contribution in [0, 0.1) is 5.92 Å². The van der Waals surface area contributed by atoms with Crippen LogP contribution in [-0.4, -0.2) is 66.0 Å². The van der Waals surface area contributed by atoms with Gasteiger partial charge in [-0.05, 0) is 18.9 Å². The van der Waals surface area contributed by atoms with Crippen LogP contribution in [0.15, 0.2) is 23.1 Å². The molecule has 5 N–H and O–H groups in total. The van der Waals surface area contributed by atoms with Gasteiger partial charge in [0, 0.05) is 39.1 Å². The van der Waals surface area contributed by atoms with E-state index < -0.39 is 0 Å². The highest BCUT2D eigenvalue weighted by Crippen LogP contribution is 2.22. The van der Waals surface area contributed by atoms with Crippen LogP contribution in [0.25, 0.3) is 0 Å². The van der Waals surface area contributed by atoms with Crippen molar-refractivity contribution in [1.82, 2.24) is 14.9 Å². The third-order valence-electron chi connectivity index (χ3n) is 3.79. The van der Waals surface area contributed by atoms with Gasteiger partial charge >= 0.3 is 0 Å². The summed E-state index contributed by atoms with van der Waals surface area (Å²) < 4.78 is 0. The number of nitrogens with one attached hydrogen (secondary N) is 2. The van der Waals surface area contributed by atoms with Gasteiger partial charge in [0.1, 0.15) is 5.02 Å². The van der Waals surface area contributed by atoms with E-state index in [0.717, 1.165) is 32.6 Å². The molecule has 2 rings (SSSR count). The van der Waals surface area contributed by atoms with Crippen molar-refractivity contribution < 1.29 is 5.11 Å². The SMILES string of the molecule is CN=C/C(=C\N)Nc1ncc(Cl)c(NC[C@H]2CCN(CCO)C2)n1. The number of likely N-dealkylation sites (tertiary alicyclic amines) is 1. The molecule has 1 aliphatic heterocycles. The lowest BCUT2D eigenvalue weighted by atomic mass is 10.1. The maximum atomic E-state index is 9.00. The van der Waals surface area contributed by atoms with Gasteiger partial charge in [-0.3, -0.25) is 4.99 Å². The molecule has 1 atom stereocenters. The Morgan fingerprint density at radius 2 is 2.46 bits per heavy atom. The molecule has 1 aliphatic rings. The van der Waals surface area contributed by atoms with Gasteiger partial charge in [0.25, 0.3) is 0 Å². The van der Waals surface area contributed by atoms with Crippen molar-refractivity contribution in [2.75, 3.05) is 50.5 Å². The second-order valence-corrected chi connectivity index (χ2v) is 5.99. The molecule has 0 saturated carbocycles. The lowest BCUT2D eigenvalue weighted by Crippen LogP contribution is -2.26. The first-order valence-corrected chi connectivity index (χ1v) is 8.24. The number of aliphatic imine (C=N–C) groups is 1. The monoisotopic (exact) mass is 353 g/mol. The molecule has 9 heteroatoms. The van der Waals surface area contributed by atoms with Crippen LogP contribution in [0.3, 0.4) is 0 Å². The molecule has 2 heterocycles. The zero-order chi connectivity index (χ0) is 17.4. The van der Waals surface area contributed by atoms with Crippen LogP contribution < -0.4 is 16.4 Å². The minimum atomic E-state index is 0.199. The summed E-state index contributed by atoms with van der Waals surface area (Å²) in [4.78, 5) is 14.7. The van der Waals surface area contributed by atoms with Crippen molar-refractivity contribution in [3.05, 3.63) is 23.1 Å². The van der Waals surface area contributed by atoms with Gasteiger partial charge in [0.05, 0.1) is 18.5 Å². The van der Waals surface area contributed by atoms with Crippen LogP contribution in [0.1, 0.15) is 6.42 Å². The van der Waals surface area contributed by atoms with Gasteiger partial charge in [-0.2, -0.15) is 4.98 Å². The second-order valence-electron chi connectivity index (χ2n) is 5.58. The molecule has 0 unspecified atom stereocenters. The number of nitrogens with two attached hydrogens (primary N) is 1. The maximum Gasteiger partial charge on any atom is 0.229 e. The van der Waals surface area contributed by atoms with Crippen LogP contribution >= 0.6 is 11.6 Å². The molecule has 132 valence electrons. The summed E-state index contributed by atoms with van der Waals surface area (Å²) in [5.74, 6) is 1.48. The highest BCUT2D eigenvalue weighted by Gasteiger charge is 2.22. The molecule has 0 radical (unpaired) electrons. The average Bonchev–Trinajstić information content (AvgIpc) is 3.02. The Bertz CT molecular complexity index is 593. The van der Waals surface area contributed by atoms with Crippen LogP contribution in [0.5, 0.6) is 0 Å². The first-order chi connectivity index (χ1) is 11.7. The summed E-state index contributed by atoms with van der Waals surface area (Å²) in [5.41, 5.74) is 6.12. The minimum absolute atomic E-state index is 0.199. The summed E-state index contributed by atoms with van der Waals surface area (Å²) in [6.07, 6.45) is 5.61. The summed E-state index contributed by atoms with van der Waals surface area (Å²) in [6.45, 7) is 3.68. The van der Waals surface area contributed by atoms with E-state index in [4.69, 9.17) is 22.4 Å². The molecule has 0 spiro atoms. The smallest absolute Gasteiger partial charge is 0.229 e. The highest BCUT2D eigenvalue weighted by molar-refractivity contribution is 6.32. The van der Waals surface area contributed by atoms with Gasteiger partial charge in [0.2, 0.25) is 5.95 Å². The number of aliphatic hydroxyl groups is 1. The predicted octanol–water partition coefficient (Wildman–Crippen LogP) is 0.769. The fourth-order valence-corrected chi connectivity index (χ4v) is 2.76. The largest absolute Gasteiger partial charge is 0.403 e. The van der Waals surface area contributed by atoms with E-state index in [1.54, 1.807) is 19.5 Å². The Balaban J connectivity index is 1.94. The second kappa shape index (κ2) is 9.41. The molecule has 1 fully saturated rings. The van der Waals surface area contributed by atoms with Crippen LogP contribution in [0.4, 0.5) is 11.8 Å². The van der Waals surface area contributed by atoms with Gasteiger partial charge in [0.15, 0.2) is 5.82 Å². The Hall–Kier alpha value is -1.90. The number of β-amino-alcohol motifs (C(OH)–C–C–N with tert-alkyl or cyclic N) is 1. The molecule has 0 aliphatic carbocycles. The average molecular weight is 354 g/mol. The lowest BCUT2D eigenvalue weighted by molar-refractivity contribution is 0.218. The number of hydrogen-bond donors (Lipinski definition) is 4. The first-order valence-electron chi connectivity index (χ1n) is 7.87. The summed E-state index contributed by atoms with van der Waals surface area (Å²) in [5, 5.41) is 15.7. The summed E-state index contributed by atoms with van der Waals surface area (Å²) in [6, 6.07) is 0. The van der Waals surface area contributed by atoms with Crippen molar-refractivity contribution in [3.63, 3.8) is 0 Å². The van der Waals surface area contributed by atoms with Crippen molar-refractivity contribution >= 4 is 29.6 Å². The van der Waals surface area contributed by atoms with Crippen molar-refractivity contribution in [2.24, 2.45) is 16.6 Å². The lowest BCUT2D eigenvalue weighted by Gasteiger charge is -2.15. The van der Waals surface area contributed by atoms with Crippen LogP contribution in [0.2, 0.25) is 5.02 Å². The molecule has 0 aromatic carbocycles. The standard InChI is InChI=1S/C15H24ClN7O/c1-18-8-12(6-17)21-15-20-9-13(16)14(22-15)19-7-11-2-3-23(10-11)4-5-24/h6,8-9,11,24H,2-5,7,10,17H2,1H3,(H2,19,20,21,22)/b12-6+,18-8?/t11-/m1/s1. The van der Waals surface area contributed by atoms with E-state index in [2.05, 4.69) is 30.5 Å². The molecule has 0 bridgehead atoms. The van der Waals surface area contributed by atoms with E-state index >= 15 is 0 Å². The molecule has 8 nitrogen and oxygen atoms in total. The normalized spacial score (nSPS) is 19.1. The van der Waals surface area contributed by atoms with Gasteiger partial charge in [-0.15, -0.1) is 0 Å². The molecule has 1 aromatic rings. The van der Waals surface area contributed by atoms with Crippen molar-refractivity contribution in [2.45, 2.75) is 6.42 Å². The highest BCUT2D eigenvalue weighted by atomic mass is 35.5. The Labute approximate surface area is 146 Å².